The second-order valence-corrected chi connectivity index (χ2v) is 6.32. The SMILES string of the molecule is COc1ccc(C=CC(=O)NCC(=O)NCc2cc(=O)n(C)c(=O)n2C)cc1OC. The van der Waals surface area contributed by atoms with E-state index in [9.17, 15) is 19.2 Å². The Morgan fingerprint density at radius 3 is 2.37 bits per heavy atom. The van der Waals surface area contributed by atoms with Gasteiger partial charge in [-0.15, -0.1) is 0 Å². The fourth-order valence-electron chi connectivity index (χ4n) is 2.55. The molecule has 0 bridgehead atoms. The van der Waals surface area contributed by atoms with Crippen LogP contribution in [0.1, 0.15) is 11.3 Å². The van der Waals surface area contributed by atoms with Gasteiger partial charge in [-0.3, -0.25) is 23.5 Å². The number of rotatable bonds is 8. The minimum Gasteiger partial charge on any atom is -0.493 e. The number of benzene rings is 1. The van der Waals surface area contributed by atoms with E-state index in [1.165, 1.54) is 45.0 Å². The first-order valence-electron chi connectivity index (χ1n) is 8.97. The molecule has 2 N–H and O–H groups in total. The van der Waals surface area contributed by atoms with E-state index in [0.717, 1.165) is 10.1 Å². The largest absolute Gasteiger partial charge is 0.493 e. The van der Waals surface area contributed by atoms with Crippen LogP contribution in [0.5, 0.6) is 11.5 Å². The van der Waals surface area contributed by atoms with Crippen LogP contribution in [0.3, 0.4) is 0 Å². The number of amides is 2. The Morgan fingerprint density at radius 1 is 1.00 bits per heavy atom. The Labute approximate surface area is 172 Å². The first-order chi connectivity index (χ1) is 14.3. The number of ether oxygens (including phenoxy) is 2. The fraction of sp³-hybridized carbons (Fsp3) is 0.300. The summed E-state index contributed by atoms with van der Waals surface area (Å²) >= 11 is 0. The molecule has 10 heteroatoms. The van der Waals surface area contributed by atoms with Crippen molar-refractivity contribution < 1.29 is 19.1 Å². The van der Waals surface area contributed by atoms with Gasteiger partial charge in [0.2, 0.25) is 11.8 Å². The summed E-state index contributed by atoms with van der Waals surface area (Å²) in [6, 6.07) is 6.45. The maximum Gasteiger partial charge on any atom is 0.330 e. The van der Waals surface area contributed by atoms with Gasteiger partial charge in [-0.05, 0) is 23.8 Å². The highest BCUT2D eigenvalue weighted by atomic mass is 16.5. The summed E-state index contributed by atoms with van der Waals surface area (Å²) < 4.78 is 12.6. The highest BCUT2D eigenvalue weighted by Crippen LogP contribution is 2.27. The lowest BCUT2D eigenvalue weighted by atomic mass is 10.2. The van der Waals surface area contributed by atoms with E-state index in [-0.39, 0.29) is 13.1 Å². The number of nitrogens with one attached hydrogen (secondary N) is 2. The Balaban J connectivity index is 1.88. The molecule has 2 amide bonds. The Kier molecular flexibility index (Phi) is 7.56. The number of carbonyl (C=O) groups excluding carboxylic acids is 2. The summed E-state index contributed by atoms with van der Waals surface area (Å²) in [6.07, 6.45) is 2.86. The summed E-state index contributed by atoms with van der Waals surface area (Å²) in [4.78, 5) is 47.4. The quantitative estimate of drug-likeness (QED) is 0.562. The highest BCUT2D eigenvalue weighted by molar-refractivity contribution is 5.94. The zero-order chi connectivity index (χ0) is 22.3. The second-order valence-electron chi connectivity index (χ2n) is 6.32. The van der Waals surface area contributed by atoms with E-state index in [1.807, 2.05) is 0 Å². The summed E-state index contributed by atoms with van der Waals surface area (Å²) in [5, 5.41) is 5.01. The van der Waals surface area contributed by atoms with Gasteiger partial charge in [0, 0.05) is 31.9 Å². The molecule has 0 aliphatic carbocycles. The number of carbonyl (C=O) groups is 2. The van der Waals surface area contributed by atoms with Crippen molar-refractivity contribution in [3.05, 3.63) is 62.4 Å². The van der Waals surface area contributed by atoms with Gasteiger partial charge in [0.05, 0.1) is 27.3 Å². The molecule has 1 aromatic carbocycles. The predicted molar refractivity (Wildman–Crippen MR) is 110 cm³/mol. The molecule has 0 atom stereocenters. The Hall–Kier alpha value is -3.82. The van der Waals surface area contributed by atoms with Crippen LogP contribution in [0.4, 0.5) is 0 Å². The molecule has 0 saturated heterocycles. The van der Waals surface area contributed by atoms with Gasteiger partial charge in [0.25, 0.3) is 5.56 Å². The van der Waals surface area contributed by atoms with Crippen molar-refractivity contribution in [3.8, 4) is 11.5 Å². The smallest absolute Gasteiger partial charge is 0.330 e. The summed E-state index contributed by atoms with van der Waals surface area (Å²) in [5.41, 5.74) is 0.131. The number of aromatic nitrogens is 2. The first kappa shape index (κ1) is 22.5. The topological polar surface area (TPSA) is 121 Å². The Morgan fingerprint density at radius 2 is 1.70 bits per heavy atom. The normalized spacial score (nSPS) is 10.7. The summed E-state index contributed by atoms with van der Waals surface area (Å²) in [7, 11) is 5.92. The third kappa shape index (κ3) is 5.60. The van der Waals surface area contributed by atoms with E-state index in [4.69, 9.17) is 9.47 Å². The zero-order valence-electron chi connectivity index (χ0n) is 17.2. The molecule has 0 saturated carbocycles. The molecule has 160 valence electrons. The monoisotopic (exact) mass is 416 g/mol. The number of hydrogen-bond acceptors (Lipinski definition) is 6. The molecule has 0 aliphatic rings. The van der Waals surface area contributed by atoms with Crippen molar-refractivity contribution in [1.29, 1.82) is 0 Å². The van der Waals surface area contributed by atoms with Gasteiger partial charge >= 0.3 is 5.69 Å². The molecule has 30 heavy (non-hydrogen) atoms. The van der Waals surface area contributed by atoms with Crippen LogP contribution in [0, 0.1) is 0 Å². The minimum absolute atomic E-state index is 0.0159. The number of methoxy groups -OCH3 is 2. The molecule has 2 aromatic rings. The van der Waals surface area contributed by atoms with E-state index >= 15 is 0 Å². The third-order valence-corrected chi connectivity index (χ3v) is 4.35. The molecule has 0 aliphatic heterocycles. The average Bonchev–Trinajstić information content (AvgIpc) is 2.75. The minimum atomic E-state index is -0.486. The number of nitrogens with zero attached hydrogens (tertiary/aromatic N) is 2. The van der Waals surface area contributed by atoms with Crippen molar-refractivity contribution in [2.75, 3.05) is 20.8 Å². The van der Waals surface area contributed by atoms with Gasteiger partial charge in [-0.1, -0.05) is 6.07 Å². The molecule has 0 fully saturated rings. The van der Waals surface area contributed by atoms with Crippen LogP contribution < -0.4 is 31.4 Å². The van der Waals surface area contributed by atoms with E-state index in [0.29, 0.717) is 17.2 Å². The van der Waals surface area contributed by atoms with Crippen LogP contribution >= 0.6 is 0 Å². The van der Waals surface area contributed by atoms with Crippen LogP contribution in [0.2, 0.25) is 0 Å². The molecule has 0 unspecified atom stereocenters. The van der Waals surface area contributed by atoms with E-state index < -0.39 is 23.1 Å². The van der Waals surface area contributed by atoms with Crippen molar-refractivity contribution in [3.63, 3.8) is 0 Å². The maximum atomic E-state index is 11.9. The van der Waals surface area contributed by atoms with Gasteiger partial charge in [-0.25, -0.2) is 4.79 Å². The summed E-state index contributed by atoms with van der Waals surface area (Å²) in [5.74, 6) is 0.186. The van der Waals surface area contributed by atoms with Crippen LogP contribution in [0.25, 0.3) is 6.08 Å². The third-order valence-electron chi connectivity index (χ3n) is 4.35. The van der Waals surface area contributed by atoms with Crippen LogP contribution in [0.15, 0.2) is 39.9 Å². The van der Waals surface area contributed by atoms with Crippen molar-refractivity contribution in [2.24, 2.45) is 14.1 Å². The first-order valence-corrected chi connectivity index (χ1v) is 8.97. The van der Waals surface area contributed by atoms with Crippen LogP contribution in [-0.4, -0.2) is 41.7 Å². The van der Waals surface area contributed by atoms with Gasteiger partial charge in [-0.2, -0.15) is 0 Å². The lowest BCUT2D eigenvalue weighted by molar-refractivity contribution is -0.124. The molecule has 0 spiro atoms. The second kappa shape index (κ2) is 10.1. The van der Waals surface area contributed by atoms with Crippen molar-refractivity contribution >= 4 is 17.9 Å². The van der Waals surface area contributed by atoms with Gasteiger partial charge < -0.3 is 20.1 Å². The molecular formula is C20H24N4O6. The summed E-state index contributed by atoms with van der Waals surface area (Å²) in [6.45, 7) is -0.272. The molecule has 0 radical (unpaired) electrons. The molecule has 1 aromatic heterocycles. The lowest BCUT2D eigenvalue weighted by Gasteiger charge is -2.10. The number of hydrogen-bond donors (Lipinski definition) is 2. The fourth-order valence-corrected chi connectivity index (χ4v) is 2.55. The maximum absolute atomic E-state index is 11.9. The molecule has 1 heterocycles. The van der Waals surface area contributed by atoms with Gasteiger partial charge in [0.1, 0.15) is 0 Å². The molecular weight excluding hydrogens is 392 g/mol. The van der Waals surface area contributed by atoms with Gasteiger partial charge in [0.15, 0.2) is 11.5 Å². The van der Waals surface area contributed by atoms with E-state index in [2.05, 4.69) is 10.6 Å². The Bertz CT molecular complexity index is 1080. The van der Waals surface area contributed by atoms with Crippen molar-refractivity contribution in [1.82, 2.24) is 19.8 Å². The average molecular weight is 416 g/mol. The molecule has 10 nitrogen and oxygen atoms in total. The van der Waals surface area contributed by atoms with Crippen LogP contribution in [-0.2, 0) is 30.2 Å². The highest BCUT2D eigenvalue weighted by Gasteiger charge is 2.08. The standard InChI is InChI=1S/C20H24N4O6/c1-23-14(10-19(27)24(2)20(23)28)11-21-18(26)12-22-17(25)8-6-13-5-7-15(29-3)16(9-13)30-4/h5-10H,11-12H2,1-4H3,(H,21,26)(H,22,25). The van der Waals surface area contributed by atoms with Crippen molar-refractivity contribution in [2.45, 2.75) is 6.54 Å². The predicted octanol–water partition coefficient (Wildman–Crippen LogP) is -0.453. The van der Waals surface area contributed by atoms with E-state index in [1.54, 1.807) is 24.3 Å². The zero-order valence-corrected chi connectivity index (χ0v) is 17.2. The molecule has 2 rings (SSSR count). The lowest BCUT2D eigenvalue weighted by Crippen LogP contribution is -2.41.